The van der Waals surface area contributed by atoms with Gasteiger partial charge in [-0.3, -0.25) is 4.57 Å². The number of rotatable bonds is 9. The van der Waals surface area contributed by atoms with Crippen molar-refractivity contribution in [3.8, 4) is 40.1 Å². The van der Waals surface area contributed by atoms with Crippen LogP contribution in [0.2, 0.25) is 0 Å². The minimum atomic E-state index is -4.57. The first-order valence-electron chi connectivity index (χ1n) is 31.7. The molecule has 0 spiro atoms. The summed E-state index contributed by atoms with van der Waals surface area (Å²) in [6, 6.07) is 52.7. The number of nitrogens with zero attached hydrogens (tertiary/aromatic N) is 6. The zero-order chi connectivity index (χ0) is 62.3. The van der Waals surface area contributed by atoms with Crippen LogP contribution in [0.25, 0.3) is 106 Å². The van der Waals surface area contributed by atoms with Gasteiger partial charge >= 0.3 is 0 Å². The van der Waals surface area contributed by atoms with Gasteiger partial charge in [0.2, 0.25) is 5.95 Å². The molecule has 6 nitrogen and oxygen atoms in total. The van der Waals surface area contributed by atoms with Crippen molar-refractivity contribution in [1.29, 1.82) is 0 Å². The summed E-state index contributed by atoms with van der Waals surface area (Å²) in [4.78, 5) is 15.0. The maximum Gasteiger partial charge on any atom is 0.238 e. The zero-order valence-electron chi connectivity index (χ0n) is 54.2. The highest BCUT2D eigenvalue weighted by Gasteiger charge is 2.41. The van der Waals surface area contributed by atoms with Gasteiger partial charge in [-0.25, -0.2) is 4.98 Å². The fourth-order valence-corrected chi connectivity index (χ4v) is 15.5. The van der Waals surface area contributed by atoms with Crippen LogP contribution >= 0.6 is 0 Å². The first-order valence-corrected chi connectivity index (χ1v) is 26.7. The molecular weight excluding hydrogens is 941 g/mol. The van der Waals surface area contributed by atoms with Gasteiger partial charge in [0.05, 0.1) is 63.7 Å². The van der Waals surface area contributed by atoms with Gasteiger partial charge in [0, 0.05) is 43.4 Å². The normalized spacial score (nSPS) is 14.5. The fraction of sp³-hybridized carbons (Fsp3) is 0. The minimum absolute atomic E-state index is 0.166. The fourth-order valence-electron chi connectivity index (χ4n) is 11.3. The molecule has 0 aliphatic carbocycles. The number of benzene rings is 11. The Morgan fingerprint density at radius 2 is 0.671 bits per heavy atom. The van der Waals surface area contributed by atoms with Gasteiger partial charge < -0.3 is 9.13 Å². The maximum atomic E-state index is 10.3. The van der Waals surface area contributed by atoms with Gasteiger partial charge in [0.1, 0.15) is 0 Å². The quantitative estimate of drug-likeness (QED) is 0.107. The highest BCUT2D eigenvalue weighted by molar-refractivity contribution is 7.19. The van der Waals surface area contributed by atoms with E-state index >= 15 is 0 Å². The van der Waals surface area contributed by atoms with E-state index in [-0.39, 0.29) is 16.3 Å². The number of hydrogen-bond acceptors (Lipinski definition) is 3. The monoisotopic (exact) mass is 1000 g/mol. The highest BCUT2D eigenvalue weighted by atomic mass is 28.3. The molecular formula is C69H46N6Si. The molecule has 0 aliphatic heterocycles. The number of hydrogen-bond donors (Lipinski definition) is 0. The van der Waals surface area contributed by atoms with Crippen molar-refractivity contribution in [2.45, 2.75) is 0 Å². The average molecular weight is 1000 g/mol. The second-order valence-electron chi connectivity index (χ2n) is 18.4. The van der Waals surface area contributed by atoms with Crippen LogP contribution in [0.3, 0.4) is 0 Å². The predicted molar refractivity (Wildman–Crippen MR) is 317 cm³/mol. The summed E-state index contributed by atoms with van der Waals surface area (Å²) in [7, 11) is -4.57. The molecule has 0 N–H and O–H groups in total. The molecule has 4 heterocycles. The molecule has 0 saturated carbocycles. The Kier molecular flexibility index (Phi) is 7.33. The molecule has 0 aliphatic rings. The van der Waals surface area contributed by atoms with Gasteiger partial charge in [-0.15, -0.1) is 0 Å². The summed E-state index contributed by atoms with van der Waals surface area (Å²) in [6.07, 6.45) is 0. The summed E-state index contributed by atoms with van der Waals surface area (Å²) < 4.78 is 138. The molecule has 0 bridgehead atoms. The molecule has 356 valence electrons. The maximum absolute atomic E-state index is 10.3. The molecule has 15 rings (SSSR count). The van der Waals surface area contributed by atoms with Gasteiger partial charge in [-0.05, 0) is 57.1 Å². The SMILES string of the molecule is [2H]c1c([2H])c([2H])c(-c2nc(-c3c([2H])c([2H])c([Si](c4ccccc4)(c4ccccc4)c4c([2H])c([2H])c([2H])c([2H])c4[2H])c([2H])c3[2H])nc(-n3c4ccccc4c4cccc(-n5c6ccccc6c6cccc(-n7c8ccccc8c8ccccc87)c65)c43)n2)c([2H])c1[2H]. The van der Waals surface area contributed by atoms with E-state index in [4.69, 9.17) is 23.2 Å². The highest BCUT2D eigenvalue weighted by Crippen LogP contribution is 2.43. The summed E-state index contributed by atoms with van der Waals surface area (Å²) in [6.45, 7) is 0. The second-order valence-corrected chi connectivity index (χ2v) is 22.1. The second kappa shape index (κ2) is 17.6. The standard InChI is InChI=1S/C69H46N6Si/c1-5-23-47(24-6-1)67-70-68(48-43-45-52(46-44-48)76(49-25-7-2-8-26-49,50-27-9-3-10-28-50)51-29-11-4-12-30-51)72-69(71-67)75-62-40-20-16-34-56(62)58-36-22-42-64(66(58)75)74-61-39-19-15-33-55(61)57-35-21-41-63(65(57)74)73-59-37-17-13-31-53(59)54-32-14-18-38-60(54)73/h1-46H/i1D,2D,5D,6D,7D,8D,23D,24D,25D,26D,43D,44D,45D,46D. The lowest BCUT2D eigenvalue weighted by molar-refractivity contribution is 0.950. The first kappa shape index (κ1) is 31.6. The van der Waals surface area contributed by atoms with Crippen LogP contribution in [0.4, 0.5) is 0 Å². The lowest BCUT2D eigenvalue weighted by Crippen LogP contribution is -2.74. The lowest BCUT2D eigenvalue weighted by Gasteiger charge is -2.34. The molecule has 0 fully saturated rings. The van der Waals surface area contributed by atoms with E-state index in [0.29, 0.717) is 27.1 Å². The van der Waals surface area contributed by atoms with Crippen molar-refractivity contribution in [2.24, 2.45) is 0 Å². The Labute approximate surface area is 459 Å². The van der Waals surface area contributed by atoms with Gasteiger partial charge in [0.15, 0.2) is 19.7 Å². The molecule has 0 saturated heterocycles. The summed E-state index contributed by atoms with van der Waals surface area (Å²) in [5, 5.41) is 6.00. The van der Waals surface area contributed by atoms with Gasteiger partial charge in [0.25, 0.3) is 0 Å². The molecule has 0 atom stereocenters. The van der Waals surface area contributed by atoms with E-state index in [0.717, 1.165) is 60.1 Å². The minimum Gasteiger partial charge on any atom is -0.307 e. The lowest BCUT2D eigenvalue weighted by atomic mass is 10.1. The Hall–Kier alpha value is -9.95. The van der Waals surface area contributed by atoms with Gasteiger partial charge in [-0.1, -0.05) is 242 Å². The third-order valence-electron chi connectivity index (χ3n) is 14.5. The number of para-hydroxylation sites is 6. The van der Waals surface area contributed by atoms with E-state index in [9.17, 15) is 11.0 Å². The van der Waals surface area contributed by atoms with Crippen LogP contribution in [-0.4, -0.2) is 36.7 Å². The average Bonchev–Trinajstić information content (AvgIpc) is 0.772. The summed E-state index contributed by atoms with van der Waals surface area (Å²) >= 11 is 0. The molecule has 0 unspecified atom stereocenters. The Balaban J connectivity index is 1.07. The van der Waals surface area contributed by atoms with Gasteiger partial charge in [-0.2, -0.15) is 9.97 Å². The van der Waals surface area contributed by atoms with E-state index in [1.165, 1.54) is 0 Å². The van der Waals surface area contributed by atoms with Crippen LogP contribution in [0.1, 0.15) is 19.2 Å². The summed E-state index contributed by atoms with van der Waals surface area (Å²) in [5.41, 5.74) is 5.54. The topological polar surface area (TPSA) is 53.5 Å². The van der Waals surface area contributed by atoms with Crippen LogP contribution in [0, 0.1) is 0 Å². The molecule has 7 heteroatoms. The van der Waals surface area contributed by atoms with Crippen molar-refractivity contribution in [1.82, 2.24) is 28.7 Å². The molecule has 4 aromatic heterocycles. The van der Waals surface area contributed by atoms with Crippen molar-refractivity contribution >= 4 is 94.2 Å². The smallest absolute Gasteiger partial charge is 0.238 e. The number of aromatic nitrogens is 6. The largest absolute Gasteiger partial charge is 0.307 e. The van der Waals surface area contributed by atoms with E-state index in [2.05, 4.69) is 63.7 Å². The van der Waals surface area contributed by atoms with Crippen LogP contribution in [-0.2, 0) is 0 Å². The predicted octanol–water partition coefficient (Wildman–Crippen LogP) is 13.9. The van der Waals surface area contributed by atoms with Crippen LogP contribution in [0.5, 0.6) is 0 Å². The Morgan fingerprint density at radius 1 is 0.289 bits per heavy atom. The van der Waals surface area contributed by atoms with Crippen LogP contribution < -0.4 is 20.7 Å². The molecule has 0 radical (unpaired) electrons. The van der Waals surface area contributed by atoms with E-state index in [1.54, 1.807) is 65.2 Å². The zero-order valence-corrected chi connectivity index (χ0v) is 41.2. The Morgan fingerprint density at radius 3 is 1.20 bits per heavy atom. The molecule has 0 amide bonds. The molecule has 76 heavy (non-hydrogen) atoms. The van der Waals surface area contributed by atoms with E-state index < -0.39 is 115 Å². The van der Waals surface area contributed by atoms with Crippen molar-refractivity contribution < 1.29 is 19.2 Å². The van der Waals surface area contributed by atoms with Crippen LogP contribution in [0.15, 0.2) is 279 Å². The molecule has 11 aromatic carbocycles. The van der Waals surface area contributed by atoms with E-state index in [1.807, 2.05) is 78.9 Å². The third kappa shape index (κ3) is 6.62. The van der Waals surface area contributed by atoms with Crippen molar-refractivity contribution in [2.75, 3.05) is 0 Å². The third-order valence-corrected chi connectivity index (χ3v) is 18.9. The molecule has 15 aromatic rings. The van der Waals surface area contributed by atoms with Crippen molar-refractivity contribution in [3.63, 3.8) is 0 Å². The first-order chi connectivity index (χ1) is 43.6. The van der Waals surface area contributed by atoms with Crippen molar-refractivity contribution in [3.05, 3.63) is 279 Å². The number of fused-ring (bicyclic) bond motifs is 9. The summed E-state index contributed by atoms with van der Waals surface area (Å²) in [5.74, 6) is -1.05. The Bertz CT molecular complexity index is 5400.